The summed E-state index contributed by atoms with van der Waals surface area (Å²) in [7, 11) is 3.68. The van der Waals surface area contributed by atoms with Crippen LogP contribution in [0.3, 0.4) is 0 Å². The zero-order valence-electron chi connectivity index (χ0n) is 19.8. The summed E-state index contributed by atoms with van der Waals surface area (Å²) in [6.07, 6.45) is 33.7. The minimum Gasteiger partial charge on any atom is -0.355 e. The molecule has 1 N–H and O–H groups in total. The molecule has 31 heavy (non-hydrogen) atoms. The molecule has 0 aromatic carbocycles. The fourth-order valence-electron chi connectivity index (χ4n) is 2.36. The van der Waals surface area contributed by atoms with Crippen LogP contribution in [-0.2, 0) is 4.79 Å². The molecule has 1 amide bonds. The molecule has 0 aliphatic rings. The van der Waals surface area contributed by atoms with Crippen molar-refractivity contribution in [3.05, 3.63) is 72.9 Å². The Kier molecular flexibility index (Phi) is 23.8. The third kappa shape index (κ3) is 26.6. The van der Waals surface area contributed by atoms with E-state index < -0.39 is 0 Å². The number of hydrogen-bond acceptors (Lipinski definition) is 3. The van der Waals surface area contributed by atoms with Gasteiger partial charge in [-0.15, -0.1) is 0 Å². The molecule has 0 aromatic heterocycles. The maximum absolute atomic E-state index is 11.7. The van der Waals surface area contributed by atoms with E-state index in [9.17, 15) is 4.79 Å². The Morgan fingerprint density at radius 2 is 1.19 bits per heavy atom. The normalized spacial score (nSPS) is 12.9. The second-order valence-corrected chi connectivity index (χ2v) is 10.3. The zero-order chi connectivity index (χ0) is 22.8. The molecule has 174 valence electrons. The number of amides is 1. The summed E-state index contributed by atoms with van der Waals surface area (Å²) >= 11 is 0. The Labute approximate surface area is 199 Å². The highest BCUT2D eigenvalue weighted by Crippen LogP contribution is 2.25. The molecule has 0 atom stereocenters. The molecule has 0 aromatic rings. The number of allylic oxidation sites excluding steroid dienone is 12. The predicted octanol–water partition coefficient (Wildman–Crippen LogP) is 8.37. The van der Waals surface area contributed by atoms with Crippen LogP contribution in [0.15, 0.2) is 72.9 Å². The van der Waals surface area contributed by atoms with Gasteiger partial charge in [0.2, 0.25) is 5.91 Å². The Morgan fingerprint density at radius 3 is 1.65 bits per heavy atom. The average molecular weight is 462 g/mol. The van der Waals surface area contributed by atoms with Crippen molar-refractivity contribution in [1.29, 1.82) is 0 Å². The van der Waals surface area contributed by atoms with Crippen LogP contribution in [0.2, 0.25) is 0 Å². The minimum absolute atomic E-state index is 0.148. The van der Waals surface area contributed by atoms with Crippen molar-refractivity contribution in [3.8, 4) is 0 Å². The molecule has 4 heteroatoms. The molecule has 0 unspecified atom stereocenters. The van der Waals surface area contributed by atoms with Gasteiger partial charge in [0.05, 0.1) is 0 Å². The fraction of sp³-hybridized carbons (Fsp3) is 0.519. The highest BCUT2D eigenvalue weighted by Gasteiger charge is 1.99. The molecule has 0 rings (SSSR count). The smallest absolute Gasteiger partial charge is 0.220 e. The molecule has 0 saturated carbocycles. The third-order valence-electron chi connectivity index (χ3n) is 3.90. The van der Waals surface area contributed by atoms with Gasteiger partial charge in [0, 0.05) is 24.0 Å². The van der Waals surface area contributed by atoms with Gasteiger partial charge in [-0.05, 0) is 44.9 Å². The van der Waals surface area contributed by atoms with Crippen LogP contribution in [0.4, 0.5) is 0 Å². The van der Waals surface area contributed by atoms with Crippen molar-refractivity contribution >= 4 is 27.5 Å². The van der Waals surface area contributed by atoms with Crippen LogP contribution in [0, 0.1) is 0 Å². The summed E-state index contributed by atoms with van der Waals surface area (Å²) in [4.78, 5) is 11.7. The summed E-state index contributed by atoms with van der Waals surface area (Å²) in [5.74, 6) is 1.11. The Balaban J connectivity index is 3.54. The lowest BCUT2D eigenvalue weighted by Gasteiger charge is -2.05. The van der Waals surface area contributed by atoms with E-state index in [1.54, 1.807) is 0 Å². The maximum Gasteiger partial charge on any atom is 0.220 e. The molecule has 0 fully saturated rings. The predicted molar refractivity (Wildman–Crippen MR) is 146 cm³/mol. The van der Waals surface area contributed by atoms with Crippen molar-refractivity contribution in [1.82, 2.24) is 5.32 Å². The van der Waals surface area contributed by atoms with Gasteiger partial charge >= 0.3 is 0 Å². The molecule has 0 radical (unpaired) electrons. The van der Waals surface area contributed by atoms with Crippen LogP contribution in [0.5, 0.6) is 0 Å². The molecular weight excluding hydrogens is 418 g/mol. The zero-order valence-corrected chi connectivity index (χ0v) is 21.4. The molecule has 0 aliphatic carbocycles. The minimum atomic E-state index is 0.148. The monoisotopic (exact) mass is 461 g/mol. The van der Waals surface area contributed by atoms with E-state index in [0.29, 0.717) is 11.7 Å². The molecule has 0 aliphatic heterocycles. The molecule has 0 heterocycles. The lowest BCUT2D eigenvalue weighted by molar-refractivity contribution is -0.120. The van der Waals surface area contributed by atoms with Gasteiger partial charge in [0.25, 0.3) is 0 Å². The molecule has 0 bridgehead atoms. The lowest BCUT2D eigenvalue weighted by Crippen LogP contribution is -2.25. The van der Waals surface area contributed by atoms with Gasteiger partial charge in [-0.3, -0.25) is 4.79 Å². The topological polar surface area (TPSA) is 29.1 Å². The molecule has 0 saturated heterocycles. The van der Waals surface area contributed by atoms with E-state index in [1.165, 1.54) is 0 Å². The van der Waals surface area contributed by atoms with Crippen molar-refractivity contribution in [2.24, 2.45) is 0 Å². The van der Waals surface area contributed by atoms with Gasteiger partial charge < -0.3 is 5.32 Å². The van der Waals surface area contributed by atoms with Crippen molar-refractivity contribution in [2.75, 3.05) is 12.3 Å². The van der Waals surface area contributed by atoms with Crippen LogP contribution in [0.1, 0.15) is 72.1 Å². The first kappa shape index (κ1) is 29.6. The summed E-state index contributed by atoms with van der Waals surface area (Å²) in [5.41, 5.74) is 0. The first-order chi connectivity index (χ1) is 15.2. The van der Waals surface area contributed by atoms with Gasteiger partial charge in [-0.25, -0.2) is 0 Å². The highest BCUT2D eigenvalue weighted by atomic mass is 33.1. The van der Waals surface area contributed by atoms with Crippen LogP contribution < -0.4 is 5.32 Å². The van der Waals surface area contributed by atoms with Gasteiger partial charge in [0.1, 0.15) is 0 Å². The molecule has 0 spiro atoms. The summed E-state index contributed by atoms with van der Waals surface area (Å²) in [6, 6.07) is 0. The third-order valence-corrected chi connectivity index (χ3v) is 6.86. The van der Waals surface area contributed by atoms with Crippen LogP contribution in [0.25, 0.3) is 0 Å². The molecule has 2 nitrogen and oxygen atoms in total. The largest absolute Gasteiger partial charge is 0.355 e. The van der Waals surface area contributed by atoms with E-state index in [2.05, 4.69) is 99.0 Å². The Hall–Kier alpha value is -1.39. The first-order valence-corrected chi connectivity index (χ1v) is 14.0. The first-order valence-electron chi connectivity index (χ1n) is 11.6. The Bertz CT molecular complexity index is 586. The van der Waals surface area contributed by atoms with Crippen LogP contribution in [-0.4, -0.2) is 23.5 Å². The van der Waals surface area contributed by atoms with E-state index in [-0.39, 0.29) is 5.91 Å². The van der Waals surface area contributed by atoms with Gasteiger partial charge in [-0.2, -0.15) is 0 Å². The van der Waals surface area contributed by atoms with E-state index >= 15 is 0 Å². The molecular formula is C27H43NOS2. The summed E-state index contributed by atoms with van der Waals surface area (Å²) in [6.45, 7) is 7.28. The van der Waals surface area contributed by atoms with Crippen LogP contribution >= 0.6 is 21.6 Å². The second-order valence-electron chi connectivity index (χ2n) is 7.27. The number of hydrogen-bond donors (Lipinski definition) is 1. The van der Waals surface area contributed by atoms with Crippen molar-refractivity contribution < 1.29 is 4.79 Å². The number of carbonyl (C=O) groups is 1. The SMILES string of the molecule is CC/C=C\C/C=C\C/C=C\C/C=C\C/C=C\C/C=C\CCC(=O)NCCSSC(C)C. The van der Waals surface area contributed by atoms with Crippen molar-refractivity contribution in [3.63, 3.8) is 0 Å². The second kappa shape index (κ2) is 24.9. The quantitative estimate of drug-likeness (QED) is 0.119. The van der Waals surface area contributed by atoms with E-state index in [0.717, 1.165) is 57.2 Å². The van der Waals surface area contributed by atoms with E-state index in [1.807, 2.05) is 21.6 Å². The standard InChI is InChI=1S/C27H43NOS2/c1-4-5-6-7-8-9-10-11-12-13-14-15-16-17-18-19-20-21-22-23-27(29)28-24-25-30-31-26(2)3/h5-6,8-9,11-12,14-15,17-18,20-21,26H,4,7,10,13,16,19,22-25H2,1-3H3,(H,28,29)/b6-5-,9-8-,12-11-,15-14-,18-17-,21-20-. The summed E-state index contributed by atoms with van der Waals surface area (Å²) < 4.78 is 0. The fourth-order valence-corrected chi connectivity index (χ4v) is 4.27. The van der Waals surface area contributed by atoms with E-state index in [4.69, 9.17) is 0 Å². The lowest BCUT2D eigenvalue weighted by atomic mass is 10.2. The maximum atomic E-state index is 11.7. The number of rotatable bonds is 19. The number of nitrogens with one attached hydrogen (secondary N) is 1. The van der Waals surface area contributed by atoms with Crippen molar-refractivity contribution in [2.45, 2.75) is 77.4 Å². The highest BCUT2D eigenvalue weighted by molar-refractivity contribution is 8.76. The van der Waals surface area contributed by atoms with Gasteiger partial charge in [0.15, 0.2) is 0 Å². The van der Waals surface area contributed by atoms with Gasteiger partial charge in [-0.1, -0.05) is 115 Å². The average Bonchev–Trinajstić information content (AvgIpc) is 2.75. The number of carbonyl (C=O) groups excluding carboxylic acids is 1. The Morgan fingerprint density at radius 1 is 0.742 bits per heavy atom. The summed E-state index contributed by atoms with van der Waals surface area (Å²) in [5, 5.41) is 3.61.